The Balaban J connectivity index is 1.53. The summed E-state index contributed by atoms with van der Waals surface area (Å²) in [6.45, 7) is 9.02. The smallest absolute Gasteiger partial charge is 0.188 e. The second kappa shape index (κ2) is 7.10. The van der Waals surface area contributed by atoms with Crippen LogP contribution in [0.4, 0.5) is 0 Å². The molecule has 1 saturated carbocycles. The number of aliphatic imine (C=N–C) groups is 1. The van der Waals surface area contributed by atoms with Crippen molar-refractivity contribution in [1.29, 1.82) is 0 Å². The molecule has 1 heterocycles. The quantitative estimate of drug-likeness (QED) is 0.407. The summed E-state index contributed by atoms with van der Waals surface area (Å²) in [6, 6.07) is 0. The zero-order valence-electron chi connectivity index (χ0n) is 12.2. The van der Waals surface area contributed by atoms with Gasteiger partial charge in [-0.05, 0) is 37.6 Å². The summed E-state index contributed by atoms with van der Waals surface area (Å²) in [5.41, 5.74) is 6.37. The molecule has 1 aliphatic carbocycles. The van der Waals surface area contributed by atoms with Gasteiger partial charge in [0, 0.05) is 26.2 Å². The van der Waals surface area contributed by atoms with Gasteiger partial charge in [0.05, 0.1) is 13.2 Å². The molecular formula is C14H28N4O. The third-order valence-electron chi connectivity index (χ3n) is 4.35. The van der Waals surface area contributed by atoms with E-state index in [1.807, 2.05) is 0 Å². The van der Waals surface area contributed by atoms with Gasteiger partial charge < -0.3 is 15.8 Å². The SMILES string of the molecule is CCC1(CN=C(N)NCCCN2CCOCC2)CC1. The number of rotatable bonds is 7. The topological polar surface area (TPSA) is 62.9 Å². The largest absolute Gasteiger partial charge is 0.379 e. The summed E-state index contributed by atoms with van der Waals surface area (Å²) in [4.78, 5) is 6.90. The number of nitrogens with two attached hydrogens (primary N) is 1. The van der Waals surface area contributed by atoms with Gasteiger partial charge in [-0.25, -0.2) is 0 Å². The lowest BCUT2D eigenvalue weighted by molar-refractivity contribution is 0.0376. The molecule has 1 saturated heterocycles. The molecule has 0 aromatic heterocycles. The highest BCUT2D eigenvalue weighted by Crippen LogP contribution is 2.48. The van der Waals surface area contributed by atoms with E-state index in [1.165, 1.54) is 19.3 Å². The lowest BCUT2D eigenvalue weighted by atomic mass is 10.1. The van der Waals surface area contributed by atoms with Crippen LogP contribution in [0.1, 0.15) is 32.6 Å². The van der Waals surface area contributed by atoms with E-state index < -0.39 is 0 Å². The van der Waals surface area contributed by atoms with Crippen molar-refractivity contribution in [2.45, 2.75) is 32.6 Å². The summed E-state index contributed by atoms with van der Waals surface area (Å²) < 4.78 is 5.33. The van der Waals surface area contributed by atoms with E-state index in [1.54, 1.807) is 0 Å². The molecule has 5 heteroatoms. The van der Waals surface area contributed by atoms with E-state index in [-0.39, 0.29) is 0 Å². The Morgan fingerprint density at radius 3 is 2.74 bits per heavy atom. The van der Waals surface area contributed by atoms with Gasteiger partial charge in [-0.2, -0.15) is 0 Å². The average Bonchev–Trinajstić information content (AvgIpc) is 3.23. The van der Waals surface area contributed by atoms with Gasteiger partial charge in [0.1, 0.15) is 0 Å². The number of nitrogens with one attached hydrogen (secondary N) is 1. The molecule has 19 heavy (non-hydrogen) atoms. The van der Waals surface area contributed by atoms with Crippen molar-refractivity contribution in [1.82, 2.24) is 10.2 Å². The molecular weight excluding hydrogens is 240 g/mol. The maximum absolute atomic E-state index is 5.89. The molecule has 3 N–H and O–H groups in total. The number of hydrogen-bond acceptors (Lipinski definition) is 3. The molecule has 2 aliphatic rings. The van der Waals surface area contributed by atoms with Crippen LogP contribution in [0.5, 0.6) is 0 Å². The summed E-state index contributed by atoms with van der Waals surface area (Å²) in [7, 11) is 0. The maximum Gasteiger partial charge on any atom is 0.188 e. The molecule has 0 aromatic carbocycles. The van der Waals surface area contributed by atoms with Crippen LogP contribution >= 0.6 is 0 Å². The summed E-state index contributed by atoms with van der Waals surface area (Å²) >= 11 is 0. The van der Waals surface area contributed by atoms with Gasteiger partial charge >= 0.3 is 0 Å². The van der Waals surface area contributed by atoms with E-state index >= 15 is 0 Å². The molecule has 5 nitrogen and oxygen atoms in total. The molecule has 1 aliphatic heterocycles. The Bertz CT molecular complexity index is 296. The molecule has 0 unspecified atom stereocenters. The Morgan fingerprint density at radius 2 is 2.11 bits per heavy atom. The van der Waals surface area contributed by atoms with E-state index in [9.17, 15) is 0 Å². The van der Waals surface area contributed by atoms with Crippen LogP contribution in [0.2, 0.25) is 0 Å². The molecule has 0 aromatic rings. The lowest BCUT2D eigenvalue weighted by Gasteiger charge is -2.26. The van der Waals surface area contributed by atoms with Crippen molar-refractivity contribution >= 4 is 5.96 Å². The molecule has 0 amide bonds. The van der Waals surface area contributed by atoms with Gasteiger partial charge in [-0.15, -0.1) is 0 Å². The first-order valence-corrected chi connectivity index (χ1v) is 7.58. The van der Waals surface area contributed by atoms with Crippen molar-refractivity contribution in [3.63, 3.8) is 0 Å². The highest BCUT2D eigenvalue weighted by Gasteiger charge is 2.40. The second-order valence-electron chi connectivity index (χ2n) is 5.79. The zero-order valence-corrected chi connectivity index (χ0v) is 12.2. The summed E-state index contributed by atoms with van der Waals surface area (Å²) in [5.74, 6) is 0.613. The number of morpholine rings is 1. The molecule has 2 fully saturated rings. The Kier molecular flexibility index (Phi) is 5.45. The number of hydrogen-bond donors (Lipinski definition) is 2. The van der Waals surface area contributed by atoms with Gasteiger partial charge in [0.15, 0.2) is 5.96 Å². The first kappa shape index (κ1) is 14.6. The summed E-state index contributed by atoms with van der Waals surface area (Å²) in [6.07, 6.45) is 4.96. The van der Waals surface area contributed by atoms with Crippen LogP contribution in [0.25, 0.3) is 0 Å². The van der Waals surface area contributed by atoms with Crippen molar-refractivity contribution in [3.05, 3.63) is 0 Å². The highest BCUT2D eigenvalue weighted by molar-refractivity contribution is 5.77. The average molecular weight is 268 g/mol. The lowest BCUT2D eigenvalue weighted by Crippen LogP contribution is -2.39. The second-order valence-corrected chi connectivity index (χ2v) is 5.79. The summed E-state index contributed by atoms with van der Waals surface area (Å²) in [5, 5.41) is 3.22. The van der Waals surface area contributed by atoms with Crippen LogP contribution in [-0.4, -0.2) is 56.8 Å². The van der Waals surface area contributed by atoms with Crippen LogP contribution < -0.4 is 11.1 Å². The normalized spacial score (nSPS) is 23.3. The van der Waals surface area contributed by atoms with Crippen molar-refractivity contribution in [2.75, 3.05) is 45.9 Å². The fourth-order valence-corrected chi connectivity index (χ4v) is 2.45. The first-order chi connectivity index (χ1) is 9.24. The molecule has 0 atom stereocenters. The standard InChI is InChI=1S/C14H28N4O/c1-2-14(4-5-14)12-17-13(15)16-6-3-7-18-8-10-19-11-9-18/h2-12H2,1H3,(H3,15,16,17). The number of nitrogens with zero attached hydrogens (tertiary/aromatic N) is 2. The van der Waals surface area contributed by atoms with Crippen LogP contribution in [-0.2, 0) is 4.74 Å². The molecule has 0 spiro atoms. The van der Waals surface area contributed by atoms with E-state index in [0.29, 0.717) is 11.4 Å². The highest BCUT2D eigenvalue weighted by atomic mass is 16.5. The van der Waals surface area contributed by atoms with Crippen molar-refractivity contribution in [2.24, 2.45) is 16.1 Å². The predicted octanol–water partition coefficient (Wildman–Crippen LogP) is 0.803. The Hall–Kier alpha value is -0.810. The molecule has 110 valence electrons. The molecule has 0 radical (unpaired) electrons. The van der Waals surface area contributed by atoms with Crippen molar-refractivity contribution < 1.29 is 4.74 Å². The van der Waals surface area contributed by atoms with E-state index in [4.69, 9.17) is 10.5 Å². The van der Waals surface area contributed by atoms with Crippen LogP contribution in [0.3, 0.4) is 0 Å². The minimum Gasteiger partial charge on any atom is -0.379 e. The number of ether oxygens (including phenoxy) is 1. The molecule has 2 rings (SSSR count). The number of guanidine groups is 1. The van der Waals surface area contributed by atoms with E-state index in [0.717, 1.165) is 52.4 Å². The Labute approximate surface area is 116 Å². The molecule has 0 bridgehead atoms. The minimum absolute atomic E-state index is 0.486. The fourth-order valence-electron chi connectivity index (χ4n) is 2.45. The fraction of sp³-hybridized carbons (Fsp3) is 0.929. The predicted molar refractivity (Wildman–Crippen MR) is 78.3 cm³/mol. The third kappa shape index (κ3) is 4.99. The van der Waals surface area contributed by atoms with Crippen molar-refractivity contribution in [3.8, 4) is 0 Å². The monoisotopic (exact) mass is 268 g/mol. The van der Waals surface area contributed by atoms with Crippen LogP contribution in [0, 0.1) is 5.41 Å². The van der Waals surface area contributed by atoms with Crippen LogP contribution in [0.15, 0.2) is 4.99 Å². The van der Waals surface area contributed by atoms with E-state index in [2.05, 4.69) is 22.1 Å². The minimum atomic E-state index is 0.486. The maximum atomic E-state index is 5.89. The van der Waals surface area contributed by atoms with Gasteiger partial charge in [-0.3, -0.25) is 9.89 Å². The van der Waals surface area contributed by atoms with Gasteiger partial charge in [0.2, 0.25) is 0 Å². The van der Waals surface area contributed by atoms with Gasteiger partial charge in [0.25, 0.3) is 0 Å². The first-order valence-electron chi connectivity index (χ1n) is 7.58. The zero-order chi connectivity index (χ0) is 13.6. The Morgan fingerprint density at radius 1 is 1.37 bits per heavy atom. The third-order valence-corrected chi connectivity index (χ3v) is 4.35. The van der Waals surface area contributed by atoms with Gasteiger partial charge in [-0.1, -0.05) is 6.92 Å².